The van der Waals surface area contributed by atoms with Crippen LogP contribution in [0, 0.1) is 10.1 Å². The highest BCUT2D eigenvalue weighted by Gasteiger charge is 2.13. The number of nitrogens with zero attached hydrogens (tertiary/aromatic N) is 2. The molecule has 172 valence electrons. The van der Waals surface area contributed by atoms with Crippen LogP contribution in [0.2, 0.25) is 0 Å². The number of nitrogens with one attached hydrogen (secondary N) is 1. The van der Waals surface area contributed by atoms with E-state index in [2.05, 4.69) is 10.5 Å². The minimum atomic E-state index is -0.446. The van der Waals surface area contributed by atoms with Crippen molar-refractivity contribution < 1.29 is 18.9 Å². The molecule has 0 atom stereocenters. The van der Waals surface area contributed by atoms with E-state index in [-0.39, 0.29) is 18.1 Å². The Morgan fingerprint density at radius 3 is 2.63 bits per heavy atom. The number of fused-ring (bicyclic) bond motifs is 3. The standard InChI is InChI=1S/C27H19N3O5/c31-27(26-15-24-23-7-2-1-5-20(23)10-13-25(24)35-26)29-28-16-18-8-11-22(12-9-18)34-17-19-4-3-6-21(14-19)30(32)33/h1-16H,17H2,(H,29,31). The molecule has 4 aromatic carbocycles. The van der Waals surface area contributed by atoms with Gasteiger partial charge < -0.3 is 9.15 Å². The van der Waals surface area contributed by atoms with E-state index < -0.39 is 10.8 Å². The zero-order chi connectivity index (χ0) is 24.2. The van der Waals surface area contributed by atoms with Crippen molar-refractivity contribution in [1.29, 1.82) is 0 Å². The van der Waals surface area contributed by atoms with Crippen molar-refractivity contribution in [3.05, 3.63) is 118 Å². The van der Waals surface area contributed by atoms with Gasteiger partial charge in [-0.25, -0.2) is 5.43 Å². The minimum absolute atomic E-state index is 0.0238. The number of non-ortho nitro benzene ring substituents is 1. The van der Waals surface area contributed by atoms with Crippen LogP contribution in [0.15, 0.2) is 101 Å². The molecule has 8 nitrogen and oxygen atoms in total. The summed E-state index contributed by atoms with van der Waals surface area (Å²) < 4.78 is 11.4. The Morgan fingerprint density at radius 2 is 1.80 bits per heavy atom. The van der Waals surface area contributed by atoms with Crippen LogP contribution in [0.4, 0.5) is 5.69 Å². The van der Waals surface area contributed by atoms with Crippen molar-refractivity contribution in [1.82, 2.24) is 5.43 Å². The lowest BCUT2D eigenvalue weighted by Gasteiger charge is -2.06. The number of hydrogen-bond donors (Lipinski definition) is 1. The summed E-state index contributed by atoms with van der Waals surface area (Å²) in [6.45, 7) is 0.206. The second-order valence-corrected chi connectivity index (χ2v) is 7.79. The molecule has 0 aliphatic heterocycles. The summed E-state index contributed by atoms with van der Waals surface area (Å²) in [7, 11) is 0. The fraction of sp³-hybridized carbons (Fsp3) is 0.0370. The average Bonchev–Trinajstić information content (AvgIpc) is 3.34. The quantitative estimate of drug-likeness (QED) is 0.185. The molecule has 0 unspecified atom stereocenters. The van der Waals surface area contributed by atoms with Crippen LogP contribution >= 0.6 is 0 Å². The first-order valence-corrected chi connectivity index (χ1v) is 10.8. The van der Waals surface area contributed by atoms with Gasteiger partial charge in [0, 0.05) is 17.5 Å². The number of nitro groups is 1. The van der Waals surface area contributed by atoms with Crippen molar-refractivity contribution in [2.75, 3.05) is 0 Å². The Kier molecular flexibility index (Phi) is 5.92. The number of carbonyl (C=O) groups excluding carboxylic acids is 1. The first-order valence-electron chi connectivity index (χ1n) is 10.8. The van der Waals surface area contributed by atoms with Gasteiger partial charge in [-0.05, 0) is 58.3 Å². The molecule has 1 amide bonds. The number of furan rings is 1. The first kappa shape index (κ1) is 21.8. The SMILES string of the molecule is O=C(NN=Cc1ccc(OCc2cccc([N+](=O)[O-])c2)cc1)c1cc2c(ccc3ccccc32)o1. The summed E-state index contributed by atoms with van der Waals surface area (Å²) in [6, 6.07) is 26.8. The predicted octanol–water partition coefficient (Wildman–Crippen LogP) is 5.84. The highest BCUT2D eigenvalue weighted by atomic mass is 16.6. The van der Waals surface area contributed by atoms with Gasteiger partial charge in [-0.1, -0.05) is 42.5 Å². The van der Waals surface area contributed by atoms with Crippen LogP contribution in [-0.2, 0) is 6.61 Å². The van der Waals surface area contributed by atoms with Crippen LogP contribution in [0.3, 0.4) is 0 Å². The highest BCUT2D eigenvalue weighted by molar-refractivity contribution is 6.08. The molecule has 0 fully saturated rings. The van der Waals surface area contributed by atoms with Gasteiger partial charge in [-0.3, -0.25) is 14.9 Å². The summed E-state index contributed by atoms with van der Waals surface area (Å²) in [6.07, 6.45) is 1.51. The lowest BCUT2D eigenvalue weighted by molar-refractivity contribution is -0.384. The van der Waals surface area contributed by atoms with Gasteiger partial charge in [0.1, 0.15) is 17.9 Å². The number of hydrazone groups is 1. The fourth-order valence-corrected chi connectivity index (χ4v) is 3.70. The zero-order valence-electron chi connectivity index (χ0n) is 18.4. The molecule has 0 aliphatic rings. The average molecular weight is 465 g/mol. The molecule has 5 rings (SSSR count). The third-order valence-corrected chi connectivity index (χ3v) is 5.44. The van der Waals surface area contributed by atoms with Gasteiger partial charge in [-0.15, -0.1) is 0 Å². The molecular formula is C27H19N3O5. The molecular weight excluding hydrogens is 446 g/mol. The van der Waals surface area contributed by atoms with Crippen LogP contribution in [-0.4, -0.2) is 17.0 Å². The van der Waals surface area contributed by atoms with Gasteiger partial charge in [0.15, 0.2) is 5.76 Å². The number of nitro benzene ring substituents is 1. The van der Waals surface area contributed by atoms with E-state index in [1.165, 1.54) is 18.3 Å². The molecule has 0 spiro atoms. The van der Waals surface area contributed by atoms with E-state index in [0.29, 0.717) is 16.9 Å². The summed E-state index contributed by atoms with van der Waals surface area (Å²) in [5, 5.41) is 17.9. The topological polar surface area (TPSA) is 107 Å². The fourth-order valence-electron chi connectivity index (χ4n) is 3.70. The molecule has 0 saturated heterocycles. The predicted molar refractivity (Wildman–Crippen MR) is 133 cm³/mol. The van der Waals surface area contributed by atoms with Crippen molar-refractivity contribution in [2.45, 2.75) is 6.61 Å². The van der Waals surface area contributed by atoms with E-state index in [1.54, 1.807) is 42.5 Å². The Morgan fingerprint density at radius 1 is 0.971 bits per heavy atom. The van der Waals surface area contributed by atoms with Crippen LogP contribution in [0.25, 0.3) is 21.7 Å². The van der Waals surface area contributed by atoms with Gasteiger partial charge >= 0.3 is 5.91 Å². The molecule has 0 bridgehead atoms. The second-order valence-electron chi connectivity index (χ2n) is 7.79. The van der Waals surface area contributed by atoms with Crippen LogP contribution in [0.5, 0.6) is 5.75 Å². The highest BCUT2D eigenvalue weighted by Crippen LogP contribution is 2.28. The Bertz CT molecular complexity index is 1570. The molecule has 35 heavy (non-hydrogen) atoms. The maximum atomic E-state index is 12.5. The van der Waals surface area contributed by atoms with E-state index in [1.807, 2.05) is 36.4 Å². The normalized spacial score (nSPS) is 11.2. The molecule has 1 N–H and O–H groups in total. The molecule has 0 aliphatic carbocycles. The maximum absolute atomic E-state index is 12.5. The Balaban J connectivity index is 1.19. The summed E-state index contributed by atoms with van der Waals surface area (Å²) in [5.74, 6) is 0.337. The lowest BCUT2D eigenvalue weighted by Crippen LogP contribution is -2.16. The molecule has 0 radical (unpaired) electrons. The van der Waals surface area contributed by atoms with Gasteiger partial charge in [0.2, 0.25) is 0 Å². The third kappa shape index (κ3) is 4.86. The van der Waals surface area contributed by atoms with Crippen molar-refractivity contribution in [3.8, 4) is 5.75 Å². The number of hydrogen-bond acceptors (Lipinski definition) is 6. The van der Waals surface area contributed by atoms with Crippen molar-refractivity contribution in [2.24, 2.45) is 5.10 Å². The number of carbonyl (C=O) groups is 1. The molecule has 1 aromatic heterocycles. The number of ether oxygens (including phenoxy) is 1. The Hall–Kier alpha value is -4.98. The van der Waals surface area contributed by atoms with E-state index in [9.17, 15) is 14.9 Å². The van der Waals surface area contributed by atoms with Gasteiger partial charge in [0.05, 0.1) is 11.1 Å². The van der Waals surface area contributed by atoms with Gasteiger partial charge in [-0.2, -0.15) is 5.10 Å². The number of amides is 1. The van der Waals surface area contributed by atoms with E-state index in [0.717, 1.165) is 21.7 Å². The second kappa shape index (κ2) is 9.48. The number of rotatable bonds is 7. The largest absolute Gasteiger partial charge is 0.489 e. The first-order chi connectivity index (χ1) is 17.1. The van der Waals surface area contributed by atoms with Crippen LogP contribution in [0.1, 0.15) is 21.7 Å². The van der Waals surface area contributed by atoms with Crippen molar-refractivity contribution >= 4 is 39.6 Å². The summed E-state index contributed by atoms with van der Waals surface area (Å²) in [5.41, 5.74) is 4.60. The van der Waals surface area contributed by atoms with Crippen molar-refractivity contribution in [3.63, 3.8) is 0 Å². The molecule has 8 heteroatoms. The maximum Gasteiger partial charge on any atom is 0.307 e. The molecule has 1 heterocycles. The number of benzene rings is 4. The van der Waals surface area contributed by atoms with Crippen LogP contribution < -0.4 is 10.2 Å². The molecule has 5 aromatic rings. The lowest BCUT2D eigenvalue weighted by atomic mass is 10.1. The monoisotopic (exact) mass is 465 g/mol. The Labute approximate surface area is 199 Å². The zero-order valence-corrected chi connectivity index (χ0v) is 18.4. The van der Waals surface area contributed by atoms with Gasteiger partial charge in [0.25, 0.3) is 5.69 Å². The summed E-state index contributed by atoms with van der Waals surface area (Å²) in [4.78, 5) is 22.9. The van der Waals surface area contributed by atoms with E-state index >= 15 is 0 Å². The smallest absolute Gasteiger partial charge is 0.307 e. The van der Waals surface area contributed by atoms with E-state index in [4.69, 9.17) is 9.15 Å². The molecule has 0 saturated carbocycles. The minimum Gasteiger partial charge on any atom is -0.489 e. The third-order valence-electron chi connectivity index (χ3n) is 5.44. The summed E-state index contributed by atoms with van der Waals surface area (Å²) >= 11 is 0.